The molecule has 4 heteroatoms. The molecule has 13 heavy (non-hydrogen) atoms. The molecule has 0 saturated heterocycles. The van der Waals surface area contributed by atoms with Crippen molar-refractivity contribution in [1.82, 2.24) is 4.98 Å². The normalized spacial score (nSPS) is 12.2. The highest BCUT2D eigenvalue weighted by molar-refractivity contribution is 5.23. The van der Waals surface area contributed by atoms with Crippen LogP contribution >= 0.6 is 0 Å². The molecule has 2 N–H and O–H groups in total. The molecule has 0 amide bonds. The van der Waals surface area contributed by atoms with Gasteiger partial charge in [0, 0.05) is 11.7 Å². The topological polar surface area (TPSA) is 62.7 Å². The Labute approximate surface area is 76.0 Å². The molecule has 0 aliphatic carbocycles. The van der Waals surface area contributed by atoms with E-state index in [9.17, 15) is 4.39 Å². The second kappa shape index (κ2) is 3.97. The fourth-order valence-corrected chi connectivity index (χ4v) is 1.14. The van der Waals surface area contributed by atoms with Crippen LogP contribution in [0, 0.1) is 24.2 Å². The average molecular weight is 179 g/mol. The van der Waals surface area contributed by atoms with E-state index in [0.29, 0.717) is 5.69 Å². The highest BCUT2D eigenvalue weighted by Gasteiger charge is 2.09. The Kier molecular flexibility index (Phi) is 2.93. The first kappa shape index (κ1) is 9.62. The number of nitrogens with zero attached hydrogens (tertiary/aromatic N) is 2. The van der Waals surface area contributed by atoms with Gasteiger partial charge >= 0.3 is 0 Å². The summed E-state index contributed by atoms with van der Waals surface area (Å²) in [5.74, 6) is -0.523. The molecule has 0 bridgehead atoms. The Morgan fingerprint density at radius 3 is 2.92 bits per heavy atom. The predicted molar refractivity (Wildman–Crippen MR) is 46.1 cm³/mol. The van der Waals surface area contributed by atoms with Crippen molar-refractivity contribution < 1.29 is 4.39 Å². The summed E-state index contributed by atoms with van der Waals surface area (Å²) in [6.07, 6.45) is 0.216. The maximum atomic E-state index is 12.6. The molecule has 1 aromatic rings. The molecule has 0 saturated carbocycles. The van der Waals surface area contributed by atoms with Crippen molar-refractivity contribution >= 4 is 0 Å². The molecule has 0 aromatic carbocycles. The molecule has 1 atom stereocenters. The van der Waals surface area contributed by atoms with Crippen LogP contribution in [0.25, 0.3) is 0 Å². The Bertz CT molecular complexity index is 343. The number of halogens is 1. The Balaban J connectivity index is 2.96. The molecule has 0 spiro atoms. The number of nitrogens with two attached hydrogens (primary N) is 1. The molecule has 0 aliphatic heterocycles. The molecule has 1 rings (SSSR count). The lowest BCUT2D eigenvalue weighted by molar-refractivity contribution is 0.575. The van der Waals surface area contributed by atoms with Crippen LogP contribution in [-0.2, 0) is 0 Å². The molecule has 0 aliphatic rings. The summed E-state index contributed by atoms with van der Waals surface area (Å²) in [6.45, 7) is 1.68. The molecule has 0 unspecified atom stereocenters. The van der Waals surface area contributed by atoms with Crippen molar-refractivity contribution in [2.75, 3.05) is 0 Å². The van der Waals surface area contributed by atoms with Crippen molar-refractivity contribution in [3.63, 3.8) is 0 Å². The molecule has 0 fully saturated rings. The van der Waals surface area contributed by atoms with E-state index in [1.165, 1.54) is 6.07 Å². The van der Waals surface area contributed by atoms with Gasteiger partial charge in [0.25, 0.3) is 0 Å². The van der Waals surface area contributed by atoms with E-state index in [1.807, 2.05) is 6.07 Å². The second-order valence-electron chi connectivity index (χ2n) is 2.78. The van der Waals surface area contributed by atoms with Crippen molar-refractivity contribution in [3.05, 3.63) is 29.3 Å². The second-order valence-corrected chi connectivity index (χ2v) is 2.78. The molecule has 1 heterocycles. The maximum absolute atomic E-state index is 12.6. The highest BCUT2D eigenvalue weighted by atomic mass is 19.1. The van der Waals surface area contributed by atoms with Gasteiger partial charge in [0.1, 0.15) is 0 Å². The number of aromatic nitrogens is 1. The first-order chi connectivity index (χ1) is 6.15. The lowest BCUT2D eigenvalue weighted by Crippen LogP contribution is -2.12. The van der Waals surface area contributed by atoms with Crippen LogP contribution in [0.3, 0.4) is 0 Å². The maximum Gasteiger partial charge on any atom is 0.213 e. The van der Waals surface area contributed by atoms with Gasteiger partial charge in [-0.2, -0.15) is 9.65 Å². The van der Waals surface area contributed by atoms with Gasteiger partial charge in [-0.1, -0.05) is 6.07 Å². The van der Waals surface area contributed by atoms with Crippen molar-refractivity contribution in [2.24, 2.45) is 5.73 Å². The van der Waals surface area contributed by atoms with Gasteiger partial charge in [0.2, 0.25) is 5.95 Å². The molecule has 68 valence electrons. The Hall–Kier alpha value is -1.47. The summed E-state index contributed by atoms with van der Waals surface area (Å²) in [5, 5.41) is 8.42. The zero-order valence-electron chi connectivity index (χ0n) is 7.29. The van der Waals surface area contributed by atoms with Crippen LogP contribution in [-0.4, -0.2) is 4.98 Å². The lowest BCUT2D eigenvalue weighted by atomic mass is 10.0. The number of rotatable bonds is 2. The number of hydrogen-bond donors (Lipinski definition) is 1. The van der Waals surface area contributed by atoms with Gasteiger partial charge in [-0.3, -0.25) is 0 Å². The van der Waals surface area contributed by atoms with E-state index < -0.39 is 5.95 Å². The van der Waals surface area contributed by atoms with Crippen LogP contribution in [0.1, 0.15) is 23.7 Å². The zero-order valence-corrected chi connectivity index (χ0v) is 7.29. The third kappa shape index (κ3) is 2.23. The number of pyridine rings is 1. The van der Waals surface area contributed by atoms with Crippen LogP contribution in [0.4, 0.5) is 4.39 Å². The van der Waals surface area contributed by atoms with E-state index in [2.05, 4.69) is 4.98 Å². The van der Waals surface area contributed by atoms with Gasteiger partial charge in [0.05, 0.1) is 12.5 Å². The first-order valence-electron chi connectivity index (χ1n) is 3.90. The molecule has 1 aromatic heterocycles. The van der Waals surface area contributed by atoms with Crippen LogP contribution in [0.5, 0.6) is 0 Å². The van der Waals surface area contributed by atoms with Crippen molar-refractivity contribution in [1.29, 1.82) is 5.26 Å². The largest absolute Gasteiger partial charge is 0.323 e. The zero-order chi connectivity index (χ0) is 9.84. The first-order valence-corrected chi connectivity index (χ1v) is 3.90. The lowest BCUT2D eigenvalue weighted by Gasteiger charge is -2.09. The summed E-state index contributed by atoms with van der Waals surface area (Å²) in [7, 11) is 0. The number of aryl methyl sites for hydroxylation is 1. The van der Waals surface area contributed by atoms with Crippen LogP contribution in [0.15, 0.2) is 12.1 Å². The summed E-state index contributed by atoms with van der Waals surface area (Å²) < 4.78 is 12.6. The van der Waals surface area contributed by atoms with Crippen LogP contribution < -0.4 is 5.73 Å². The molecule has 3 nitrogen and oxygen atoms in total. The third-order valence-corrected chi connectivity index (χ3v) is 1.80. The third-order valence-electron chi connectivity index (χ3n) is 1.80. The quantitative estimate of drug-likeness (QED) is 0.699. The van der Waals surface area contributed by atoms with Crippen LogP contribution in [0.2, 0.25) is 0 Å². The fourth-order valence-electron chi connectivity index (χ4n) is 1.14. The summed E-state index contributed by atoms with van der Waals surface area (Å²) in [4.78, 5) is 3.62. The fraction of sp³-hybridized carbons (Fsp3) is 0.333. The molecule has 0 radical (unpaired) electrons. The van der Waals surface area contributed by atoms with Gasteiger partial charge in [-0.05, 0) is 18.6 Å². The standard InChI is InChI=1S/C9H10FN3/c1-6-7(8(12)4-5-11)2-3-9(10)13-6/h2-3,8H,4,12H2,1H3/t8-/m1/s1. The number of nitriles is 1. The van der Waals surface area contributed by atoms with Crippen molar-refractivity contribution in [3.8, 4) is 6.07 Å². The predicted octanol–water partition coefficient (Wildman–Crippen LogP) is 1.44. The minimum Gasteiger partial charge on any atom is -0.323 e. The summed E-state index contributed by atoms with van der Waals surface area (Å²) in [5.41, 5.74) is 6.94. The average Bonchev–Trinajstić information content (AvgIpc) is 2.04. The van der Waals surface area contributed by atoms with E-state index in [4.69, 9.17) is 11.0 Å². The minimum absolute atomic E-state index is 0.216. The molecular formula is C9H10FN3. The Morgan fingerprint density at radius 1 is 1.69 bits per heavy atom. The van der Waals surface area contributed by atoms with E-state index >= 15 is 0 Å². The SMILES string of the molecule is Cc1nc(F)ccc1[C@H](N)CC#N. The molecular weight excluding hydrogens is 169 g/mol. The van der Waals surface area contributed by atoms with E-state index in [-0.39, 0.29) is 12.5 Å². The van der Waals surface area contributed by atoms with Gasteiger partial charge in [-0.25, -0.2) is 4.98 Å². The highest BCUT2D eigenvalue weighted by Crippen LogP contribution is 2.16. The Morgan fingerprint density at radius 2 is 2.38 bits per heavy atom. The van der Waals surface area contributed by atoms with Crippen molar-refractivity contribution in [2.45, 2.75) is 19.4 Å². The monoisotopic (exact) mass is 179 g/mol. The van der Waals surface area contributed by atoms with Gasteiger partial charge < -0.3 is 5.73 Å². The number of hydrogen-bond acceptors (Lipinski definition) is 3. The summed E-state index contributed by atoms with van der Waals surface area (Å²) in [6, 6.07) is 4.40. The van der Waals surface area contributed by atoms with E-state index in [0.717, 1.165) is 5.56 Å². The van der Waals surface area contributed by atoms with Gasteiger partial charge in [-0.15, -0.1) is 0 Å². The summed E-state index contributed by atoms with van der Waals surface area (Å²) >= 11 is 0. The smallest absolute Gasteiger partial charge is 0.213 e. The van der Waals surface area contributed by atoms with Gasteiger partial charge in [0.15, 0.2) is 0 Å². The minimum atomic E-state index is -0.523. The van der Waals surface area contributed by atoms with E-state index in [1.54, 1.807) is 13.0 Å².